The second-order valence-corrected chi connectivity index (χ2v) is 3.85. The lowest BCUT2D eigenvalue weighted by molar-refractivity contribution is 0.466. The molecule has 15 heavy (non-hydrogen) atoms. The summed E-state index contributed by atoms with van der Waals surface area (Å²) < 4.78 is 6.10. The maximum Gasteiger partial charge on any atom is 0.169 e. The number of hydrogen-bond donors (Lipinski definition) is 2. The lowest BCUT2D eigenvalue weighted by atomic mass is 10.4. The van der Waals surface area contributed by atoms with Crippen LogP contribution >= 0.6 is 15.9 Å². The summed E-state index contributed by atoms with van der Waals surface area (Å²) in [5.41, 5.74) is 0. The van der Waals surface area contributed by atoms with E-state index in [1.54, 1.807) is 0 Å². The van der Waals surface area contributed by atoms with E-state index in [1.807, 2.05) is 12.1 Å². The third kappa shape index (κ3) is 3.17. The molecule has 0 bridgehead atoms. The van der Waals surface area contributed by atoms with Crippen LogP contribution in [-0.2, 0) is 13.0 Å². The summed E-state index contributed by atoms with van der Waals surface area (Å²) in [5, 5.41) is 9.83. The Morgan fingerprint density at radius 3 is 3.07 bits per heavy atom. The smallest absolute Gasteiger partial charge is 0.169 e. The molecule has 2 aromatic heterocycles. The number of nitrogens with one attached hydrogen (secondary N) is 2. The Balaban J connectivity index is 1.67. The summed E-state index contributed by atoms with van der Waals surface area (Å²) in [5.74, 6) is 1.81. The lowest BCUT2D eigenvalue weighted by Crippen LogP contribution is -2.16. The molecule has 0 aliphatic heterocycles. The van der Waals surface area contributed by atoms with Crippen molar-refractivity contribution in [3.8, 4) is 0 Å². The van der Waals surface area contributed by atoms with E-state index in [9.17, 15) is 0 Å². The van der Waals surface area contributed by atoms with Crippen LogP contribution in [0.15, 0.2) is 27.5 Å². The lowest BCUT2D eigenvalue weighted by Gasteiger charge is -1.99. The van der Waals surface area contributed by atoms with Crippen LogP contribution in [-0.4, -0.2) is 21.7 Å². The van der Waals surface area contributed by atoms with Gasteiger partial charge in [0, 0.05) is 13.0 Å². The number of aromatic nitrogens is 3. The molecule has 2 aromatic rings. The normalized spacial score (nSPS) is 10.7. The van der Waals surface area contributed by atoms with E-state index >= 15 is 0 Å². The van der Waals surface area contributed by atoms with Crippen molar-refractivity contribution in [2.45, 2.75) is 13.0 Å². The zero-order chi connectivity index (χ0) is 10.5. The van der Waals surface area contributed by atoms with Gasteiger partial charge in [-0.15, -0.1) is 0 Å². The second-order valence-electron chi connectivity index (χ2n) is 3.06. The van der Waals surface area contributed by atoms with E-state index < -0.39 is 0 Å². The predicted octanol–water partition coefficient (Wildman–Crippen LogP) is 1.49. The van der Waals surface area contributed by atoms with E-state index in [4.69, 9.17) is 4.42 Å². The fourth-order valence-electron chi connectivity index (χ4n) is 1.22. The van der Waals surface area contributed by atoms with Crippen LogP contribution in [0.3, 0.4) is 0 Å². The average Bonchev–Trinajstić information content (AvgIpc) is 2.84. The van der Waals surface area contributed by atoms with Crippen molar-refractivity contribution in [1.29, 1.82) is 0 Å². The number of hydrogen-bond acceptors (Lipinski definition) is 4. The minimum absolute atomic E-state index is 0.722. The zero-order valence-electron chi connectivity index (χ0n) is 8.03. The number of nitrogens with zero attached hydrogens (tertiary/aromatic N) is 2. The zero-order valence-corrected chi connectivity index (χ0v) is 9.62. The largest absolute Gasteiger partial charge is 0.453 e. The minimum atomic E-state index is 0.722. The Morgan fingerprint density at radius 2 is 2.40 bits per heavy atom. The van der Waals surface area contributed by atoms with Gasteiger partial charge in [0.2, 0.25) is 0 Å². The van der Waals surface area contributed by atoms with E-state index in [1.165, 1.54) is 6.33 Å². The van der Waals surface area contributed by atoms with E-state index in [2.05, 4.69) is 36.4 Å². The van der Waals surface area contributed by atoms with E-state index in [0.717, 1.165) is 35.8 Å². The molecule has 2 heterocycles. The Hall–Kier alpha value is -1.14. The molecule has 5 nitrogen and oxygen atoms in total. The monoisotopic (exact) mass is 270 g/mol. The molecule has 0 spiro atoms. The summed E-state index contributed by atoms with van der Waals surface area (Å²) in [6.45, 7) is 1.56. The van der Waals surface area contributed by atoms with Gasteiger partial charge in [-0.2, -0.15) is 5.10 Å². The average molecular weight is 271 g/mol. The van der Waals surface area contributed by atoms with Crippen LogP contribution in [0.25, 0.3) is 0 Å². The fraction of sp³-hybridized carbons (Fsp3) is 0.333. The SMILES string of the molecule is Brc1ccc(CNCCc2ncn[nH]2)o1. The summed E-state index contributed by atoms with van der Waals surface area (Å²) >= 11 is 3.25. The number of halogens is 1. The molecule has 0 radical (unpaired) electrons. The quantitative estimate of drug-likeness (QED) is 0.808. The first-order valence-corrected chi connectivity index (χ1v) is 5.43. The Bertz CT molecular complexity index is 398. The molecule has 0 aliphatic carbocycles. The van der Waals surface area contributed by atoms with Crippen molar-refractivity contribution in [2.24, 2.45) is 0 Å². The van der Waals surface area contributed by atoms with Crippen LogP contribution in [0.1, 0.15) is 11.6 Å². The van der Waals surface area contributed by atoms with Gasteiger partial charge in [0.1, 0.15) is 17.9 Å². The highest BCUT2D eigenvalue weighted by atomic mass is 79.9. The van der Waals surface area contributed by atoms with Crippen molar-refractivity contribution in [1.82, 2.24) is 20.5 Å². The first-order valence-electron chi connectivity index (χ1n) is 4.64. The maximum atomic E-state index is 5.34. The van der Waals surface area contributed by atoms with Gasteiger partial charge in [-0.1, -0.05) is 0 Å². The minimum Gasteiger partial charge on any atom is -0.453 e. The summed E-state index contributed by atoms with van der Waals surface area (Å²) in [7, 11) is 0. The first-order chi connectivity index (χ1) is 7.34. The molecule has 0 amide bonds. The second kappa shape index (κ2) is 5.09. The number of H-pyrrole nitrogens is 1. The molecule has 2 rings (SSSR count). The molecule has 0 aromatic carbocycles. The third-order valence-corrected chi connectivity index (χ3v) is 2.36. The molecule has 6 heteroatoms. The summed E-state index contributed by atoms with van der Waals surface area (Å²) in [6.07, 6.45) is 2.35. The van der Waals surface area contributed by atoms with Gasteiger partial charge in [0.15, 0.2) is 4.67 Å². The molecule has 0 unspecified atom stereocenters. The number of aromatic amines is 1. The van der Waals surface area contributed by atoms with Gasteiger partial charge in [-0.05, 0) is 28.1 Å². The molecule has 2 N–H and O–H groups in total. The van der Waals surface area contributed by atoms with Crippen molar-refractivity contribution in [3.05, 3.63) is 34.7 Å². The highest BCUT2D eigenvalue weighted by Gasteiger charge is 1.99. The highest BCUT2D eigenvalue weighted by Crippen LogP contribution is 2.13. The van der Waals surface area contributed by atoms with Gasteiger partial charge < -0.3 is 9.73 Å². The molecule has 0 saturated heterocycles. The van der Waals surface area contributed by atoms with Crippen molar-refractivity contribution >= 4 is 15.9 Å². The first kappa shape index (κ1) is 10.4. The van der Waals surface area contributed by atoms with Crippen LogP contribution in [0.5, 0.6) is 0 Å². The van der Waals surface area contributed by atoms with Gasteiger partial charge in [0.25, 0.3) is 0 Å². The highest BCUT2D eigenvalue weighted by molar-refractivity contribution is 9.10. The van der Waals surface area contributed by atoms with Gasteiger partial charge >= 0.3 is 0 Å². The van der Waals surface area contributed by atoms with Crippen LogP contribution < -0.4 is 5.32 Å². The van der Waals surface area contributed by atoms with Crippen LogP contribution in [0.2, 0.25) is 0 Å². The standard InChI is InChI=1S/C9H11BrN4O/c10-8-2-1-7(15-8)5-11-4-3-9-12-6-13-14-9/h1-2,6,11H,3-5H2,(H,12,13,14). The maximum absolute atomic E-state index is 5.34. The molecule has 80 valence electrons. The number of furan rings is 1. The van der Waals surface area contributed by atoms with Crippen molar-refractivity contribution in [2.75, 3.05) is 6.54 Å². The topological polar surface area (TPSA) is 66.7 Å². The molecule has 0 atom stereocenters. The van der Waals surface area contributed by atoms with Crippen molar-refractivity contribution < 1.29 is 4.42 Å². The van der Waals surface area contributed by atoms with Crippen LogP contribution in [0.4, 0.5) is 0 Å². The third-order valence-electron chi connectivity index (χ3n) is 1.93. The number of rotatable bonds is 5. The van der Waals surface area contributed by atoms with Gasteiger partial charge in [-0.25, -0.2) is 4.98 Å². The van der Waals surface area contributed by atoms with E-state index in [-0.39, 0.29) is 0 Å². The molecule has 0 aliphatic rings. The van der Waals surface area contributed by atoms with Crippen LogP contribution in [0, 0.1) is 0 Å². The molecule has 0 saturated carbocycles. The summed E-state index contributed by atoms with van der Waals surface area (Å²) in [4.78, 5) is 4.03. The fourth-order valence-corrected chi connectivity index (χ4v) is 1.56. The Kier molecular flexibility index (Phi) is 3.52. The van der Waals surface area contributed by atoms with Crippen molar-refractivity contribution in [3.63, 3.8) is 0 Å². The molecular formula is C9H11BrN4O. The van der Waals surface area contributed by atoms with Gasteiger partial charge in [-0.3, -0.25) is 5.10 Å². The summed E-state index contributed by atoms with van der Waals surface area (Å²) in [6, 6.07) is 3.82. The molecular weight excluding hydrogens is 260 g/mol. The Morgan fingerprint density at radius 1 is 1.47 bits per heavy atom. The predicted molar refractivity (Wildman–Crippen MR) is 58.2 cm³/mol. The Labute approximate surface area is 95.4 Å². The van der Waals surface area contributed by atoms with E-state index in [0.29, 0.717) is 0 Å². The van der Waals surface area contributed by atoms with Gasteiger partial charge in [0.05, 0.1) is 6.54 Å². The molecule has 0 fully saturated rings.